The molecule has 1 aliphatic carbocycles. The fourth-order valence-electron chi connectivity index (χ4n) is 3.37. The molecule has 8 heteroatoms. The maximum atomic E-state index is 12.3. The van der Waals surface area contributed by atoms with Gasteiger partial charge in [-0.05, 0) is 32.1 Å². The molecule has 7 nitrogen and oxygen atoms in total. The summed E-state index contributed by atoms with van der Waals surface area (Å²) in [5, 5.41) is 5.34. The van der Waals surface area contributed by atoms with Crippen LogP contribution >= 0.6 is 0 Å². The Balaban J connectivity index is 1.68. The predicted molar refractivity (Wildman–Crippen MR) is 83.5 cm³/mol. The number of carbonyl (C=O) groups excluding carboxylic acids is 2. The van der Waals surface area contributed by atoms with Crippen LogP contribution in [-0.4, -0.2) is 54.7 Å². The molecule has 0 aromatic heterocycles. The van der Waals surface area contributed by atoms with E-state index < -0.39 is 21.8 Å². The zero-order chi connectivity index (χ0) is 16.4. The normalized spacial score (nSPS) is 28.5. The van der Waals surface area contributed by atoms with Gasteiger partial charge in [-0.25, -0.2) is 18.2 Å². The molecule has 2 aliphatic heterocycles. The van der Waals surface area contributed by atoms with Gasteiger partial charge in [0.25, 0.3) is 0 Å². The number of amides is 1. The highest BCUT2D eigenvalue weighted by Gasteiger charge is 2.37. The molecule has 1 unspecified atom stereocenters. The first kappa shape index (κ1) is 16.4. The Labute approximate surface area is 136 Å². The van der Waals surface area contributed by atoms with Gasteiger partial charge < -0.3 is 4.74 Å². The number of hydrazone groups is 1. The summed E-state index contributed by atoms with van der Waals surface area (Å²) in [4.78, 5) is 24.3. The van der Waals surface area contributed by atoms with E-state index in [9.17, 15) is 18.0 Å². The van der Waals surface area contributed by atoms with Crippen LogP contribution in [-0.2, 0) is 24.2 Å². The minimum absolute atomic E-state index is 0.0584. The Hall–Kier alpha value is -1.44. The van der Waals surface area contributed by atoms with Crippen LogP contribution in [0, 0.1) is 0 Å². The first-order chi connectivity index (χ1) is 10.9. The molecule has 23 heavy (non-hydrogen) atoms. The van der Waals surface area contributed by atoms with Gasteiger partial charge in [0.1, 0.15) is 11.8 Å². The van der Waals surface area contributed by atoms with Crippen molar-refractivity contribution >= 4 is 27.4 Å². The molecule has 3 aliphatic rings. The van der Waals surface area contributed by atoms with Crippen molar-refractivity contribution in [1.82, 2.24) is 5.01 Å². The summed E-state index contributed by atoms with van der Waals surface area (Å²) in [6.07, 6.45) is 5.82. The quantitative estimate of drug-likeness (QED) is 0.714. The summed E-state index contributed by atoms with van der Waals surface area (Å²) in [6, 6.07) is -0.453. The highest BCUT2D eigenvalue weighted by molar-refractivity contribution is 7.91. The van der Waals surface area contributed by atoms with Gasteiger partial charge in [-0.2, -0.15) is 5.10 Å². The fourth-order valence-corrected chi connectivity index (χ4v) is 5.07. The van der Waals surface area contributed by atoms with Crippen LogP contribution in [0.1, 0.15) is 51.4 Å². The average molecular weight is 342 g/mol. The van der Waals surface area contributed by atoms with Crippen molar-refractivity contribution in [2.45, 2.75) is 63.5 Å². The highest BCUT2D eigenvalue weighted by atomic mass is 32.2. The predicted octanol–water partition coefficient (Wildman–Crippen LogP) is 1.03. The monoisotopic (exact) mass is 342 g/mol. The van der Waals surface area contributed by atoms with Crippen molar-refractivity contribution in [2.24, 2.45) is 5.10 Å². The third-order valence-corrected chi connectivity index (χ3v) is 6.43. The summed E-state index contributed by atoms with van der Waals surface area (Å²) in [5.41, 5.74) is 0.236. The molecule has 1 atom stereocenters. The lowest BCUT2D eigenvalue weighted by atomic mass is 9.98. The number of esters is 1. The molecule has 0 N–H and O–H groups in total. The molecule has 0 bridgehead atoms. The number of sulfone groups is 1. The number of carbonyl (C=O) groups is 2. The third-order valence-electron chi connectivity index (χ3n) is 4.68. The molecule has 0 spiro atoms. The lowest BCUT2D eigenvalue weighted by molar-refractivity contribution is -0.142. The zero-order valence-corrected chi connectivity index (χ0v) is 13.9. The first-order valence-electron chi connectivity index (χ1n) is 8.25. The maximum absolute atomic E-state index is 12.3. The fraction of sp³-hybridized carbons (Fsp3) is 0.800. The Morgan fingerprint density at radius 2 is 1.87 bits per heavy atom. The molecule has 2 fully saturated rings. The molecule has 2 heterocycles. The van der Waals surface area contributed by atoms with E-state index in [0.29, 0.717) is 6.42 Å². The molecule has 0 aromatic rings. The number of nitrogens with zero attached hydrogens (tertiary/aromatic N) is 2. The van der Waals surface area contributed by atoms with E-state index in [0.717, 1.165) is 25.7 Å². The number of hydrogen-bond acceptors (Lipinski definition) is 6. The minimum Gasteiger partial charge on any atom is -0.458 e. The van der Waals surface area contributed by atoms with E-state index in [1.54, 1.807) is 0 Å². The Morgan fingerprint density at radius 1 is 1.13 bits per heavy atom. The van der Waals surface area contributed by atoms with Gasteiger partial charge in [-0.1, -0.05) is 6.42 Å². The minimum atomic E-state index is -3.11. The Morgan fingerprint density at radius 3 is 2.52 bits per heavy atom. The van der Waals surface area contributed by atoms with Gasteiger partial charge in [0.05, 0.1) is 17.5 Å². The molecule has 0 radical (unpaired) electrons. The van der Waals surface area contributed by atoms with Gasteiger partial charge >= 0.3 is 5.97 Å². The van der Waals surface area contributed by atoms with Gasteiger partial charge in [0.15, 0.2) is 9.84 Å². The Bertz CT molecular complexity index is 622. The van der Waals surface area contributed by atoms with E-state index in [-0.39, 0.29) is 42.1 Å². The van der Waals surface area contributed by atoms with Gasteiger partial charge in [0, 0.05) is 12.8 Å². The smallest absolute Gasteiger partial charge is 0.354 e. The summed E-state index contributed by atoms with van der Waals surface area (Å²) >= 11 is 0. The van der Waals surface area contributed by atoms with Gasteiger partial charge in [0.2, 0.25) is 5.91 Å². The zero-order valence-electron chi connectivity index (χ0n) is 13.1. The van der Waals surface area contributed by atoms with E-state index in [1.807, 2.05) is 0 Å². The number of rotatable bonds is 3. The van der Waals surface area contributed by atoms with Crippen LogP contribution in [0.2, 0.25) is 0 Å². The van der Waals surface area contributed by atoms with Crippen molar-refractivity contribution in [3.63, 3.8) is 0 Å². The van der Waals surface area contributed by atoms with Crippen LogP contribution in [0.25, 0.3) is 0 Å². The van der Waals surface area contributed by atoms with Crippen molar-refractivity contribution in [2.75, 3.05) is 11.5 Å². The van der Waals surface area contributed by atoms with E-state index >= 15 is 0 Å². The lowest BCUT2D eigenvalue weighted by Crippen LogP contribution is -2.42. The van der Waals surface area contributed by atoms with Crippen LogP contribution in [0.4, 0.5) is 0 Å². The molecule has 128 valence electrons. The number of hydrogen-bond donors (Lipinski definition) is 0. The summed E-state index contributed by atoms with van der Waals surface area (Å²) in [7, 11) is -3.11. The van der Waals surface area contributed by atoms with Gasteiger partial charge in [-0.3, -0.25) is 4.79 Å². The van der Waals surface area contributed by atoms with E-state index in [1.165, 1.54) is 11.4 Å². The molecule has 1 saturated carbocycles. The lowest BCUT2D eigenvalue weighted by Gasteiger charge is -2.28. The topological polar surface area (TPSA) is 93.1 Å². The van der Waals surface area contributed by atoms with Crippen LogP contribution in [0.3, 0.4) is 0 Å². The number of ether oxygens (including phenoxy) is 1. The van der Waals surface area contributed by atoms with Crippen molar-refractivity contribution < 1.29 is 22.7 Å². The van der Waals surface area contributed by atoms with Crippen molar-refractivity contribution in [3.8, 4) is 0 Å². The van der Waals surface area contributed by atoms with Crippen LogP contribution < -0.4 is 0 Å². The molecule has 1 saturated heterocycles. The van der Waals surface area contributed by atoms with Crippen molar-refractivity contribution in [3.05, 3.63) is 0 Å². The van der Waals surface area contributed by atoms with Crippen LogP contribution in [0.5, 0.6) is 0 Å². The Kier molecular flexibility index (Phi) is 4.70. The van der Waals surface area contributed by atoms with Crippen LogP contribution in [0.15, 0.2) is 5.10 Å². The summed E-state index contributed by atoms with van der Waals surface area (Å²) < 4.78 is 28.7. The van der Waals surface area contributed by atoms with E-state index in [4.69, 9.17) is 4.74 Å². The standard InChI is InChI=1S/C15H22N2O5S/c18-14-7-6-13(15(19)22-12-4-2-1-3-5-12)16-17(14)11-8-9-23(20,21)10-11/h11-12H,1-10H2. The third kappa shape index (κ3) is 3.91. The molecular formula is C15H22N2O5S. The SMILES string of the molecule is O=C(OC1CCCCC1)C1=NN(C2CCS(=O)(=O)C2)C(=O)CC1. The largest absolute Gasteiger partial charge is 0.458 e. The maximum Gasteiger partial charge on any atom is 0.354 e. The second-order valence-electron chi connectivity index (χ2n) is 6.51. The van der Waals surface area contributed by atoms with Gasteiger partial charge in [-0.15, -0.1) is 0 Å². The summed E-state index contributed by atoms with van der Waals surface area (Å²) in [6.45, 7) is 0. The van der Waals surface area contributed by atoms with Crippen molar-refractivity contribution in [1.29, 1.82) is 0 Å². The molecule has 0 aromatic carbocycles. The summed E-state index contributed by atoms with van der Waals surface area (Å²) in [5.74, 6) is -0.692. The average Bonchev–Trinajstić information content (AvgIpc) is 2.88. The molecule has 3 rings (SSSR count). The first-order valence-corrected chi connectivity index (χ1v) is 10.1. The highest BCUT2D eigenvalue weighted by Crippen LogP contribution is 2.24. The second-order valence-corrected chi connectivity index (χ2v) is 8.74. The molecule has 1 amide bonds. The molecular weight excluding hydrogens is 320 g/mol. The second kappa shape index (κ2) is 6.59. The van der Waals surface area contributed by atoms with E-state index in [2.05, 4.69) is 5.10 Å².